The van der Waals surface area contributed by atoms with Gasteiger partial charge in [-0.1, -0.05) is 0 Å². The molecule has 9 heterocycles. The van der Waals surface area contributed by atoms with Crippen molar-refractivity contribution in [2.45, 2.75) is 296 Å². The summed E-state index contributed by atoms with van der Waals surface area (Å²) in [5.74, 6) is -0.918. The van der Waals surface area contributed by atoms with Gasteiger partial charge in [-0.2, -0.15) is 0 Å². The molecule has 47 heteroatoms. The maximum atomic E-state index is 13.0. The highest BCUT2D eigenvalue weighted by atomic mass is 16.8. The predicted octanol–water partition coefficient (Wildman–Crippen LogP) is -20.1. The molecule has 0 radical (unpaired) electrons. The second kappa shape index (κ2) is 36.9. The maximum Gasteiger partial charge on any atom is 0.217 e. The van der Waals surface area contributed by atoms with Crippen LogP contribution in [0, 0.1) is 0 Å². The fraction of sp³-hybridized carbons (Fsp3) is 0.982. The van der Waals surface area contributed by atoms with Crippen LogP contribution in [0.1, 0.15) is 13.8 Å². The highest BCUT2D eigenvalue weighted by molar-refractivity contribution is 5.73. The van der Waals surface area contributed by atoms with Crippen LogP contribution in [-0.4, -0.2) is 484 Å². The lowest BCUT2D eigenvalue weighted by Crippen LogP contribution is -2.69. The van der Waals surface area contributed by atoms with Crippen molar-refractivity contribution >= 4 is 5.91 Å². The molecule has 0 aliphatic carbocycles. The molecule has 47 nitrogen and oxygen atoms in total. The van der Waals surface area contributed by atoms with Crippen molar-refractivity contribution in [1.82, 2.24) is 5.32 Å². The largest absolute Gasteiger partial charge is 0.394 e. The monoisotopic (exact) mass is 1530 g/mol. The molecule has 9 aliphatic rings. The number of amides is 1. The van der Waals surface area contributed by atoms with Crippen LogP contribution in [0.5, 0.6) is 0 Å². The molecule has 9 rings (SSSR count). The van der Waals surface area contributed by atoms with E-state index in [9.17, 15) is 148 Å². The van der Waals surface area contributed by atoms with Crippen molar-refractivity contribution in [3.8, 4) is 0 Å². The first-order chi connectivity index (χ1) is 49.1. The van der Waals surface area contributed by atoms with Crippen LogP contribution < -0.4 is 5.32 Å². The van der Waals surface area contributed by atoms with Gasteiger partial charge in [0.2, 0.25) is 5.91 Å². The van der Waals surface area contributed by atoms with E-state index in [1.54, 1.807) is 0 Å². The topological polar surface area (TPSA) is 752 Å². The Morgan fingerprint density at radius 1 is 0.317 bits per heavy atom. The normalized spacial score (nSPS) is 52.3. The summed E-state index contributed by atoms with van der Waals surface area (Å²) in [7, 11) is 0. The van der Waals surface area contributed by atoms with Gasteiger partial charge < -0.3 is 229 Å². The van der Waals surface area contributed by atoms with Crippen molar-refractivity contribution in [2.24, 2.45) is 0 Å². The Bertz CT molecular complexity index is 2620. The molecular weight excluding hydrogens is 1430 g/mol. The van der Waals surface area contributed by atoms with Gasteiger partial charge in [-0.15, -0.1) is 0 Å². The number of carbonyl (C=O) groups excluding carboxylic acids is 1. The SMILES string of the molecule is CC(=O)N[C@H]1[C@H](OC[C@H](O)[C@H]2O[C@H](OC[C@H]3O[C@H](O[C@H]4[C@@H](O[C@@H]5[C@@H](O)[C@@H](O)O[C@H](CO[C@H]6O[C@H](CO)[C@H](O)[C@H](O)[C@H]6O)[C@H]5O)O[C@H](CO)[C@@H](O)[C@@H]4O)[C@H](O)[C@@H](O)[C@@H]3O)[C@@H](O)[C@@H](O)[C@@H]2O)O[C@H](CO[C@H]2O[C@H](CO)[C@@H](O)[C@H](O)[C@H]2O)[C@@H](O)[C@@H]1O[C@@H]1O[C@@H](C)[C@H](O)[C@@H](O[C@H]2O[C@H](CO)[C@@H](O)[C@H](O)[C@H]2O)[C@H]1O. The molecule has 0 unspecified atom stereocenters. The number of carbonyl (C=O) groups is 1. The van der Waals surface area contributed by atoms with Crippen molar-refractivity contribution < 1.29 is 228 Å². The van der Waals surface area contributed by atoms with Crippen molar-refractivity contribution in [3.05, 3.63) is 0 Å². The zero-order chi connectivity index (χ0) is 76.5. The van der Waals surface area contributed by atoms with Crippen LogP contribution in [-0.2, 0) is 85.3 Å². The number of nitrogens with one attached hydrogen (secondary N) is 1. The van der Waals surface area contributed by atoms with Gasteiger partial charge in [0.25, 0.3) is 0 Å². The summed E-state index contributed by atoms with van der Waals surface area (Å²) in [6, 6.07) is -1.83. The minimum atomic E-state index is -2.32. The van der Waals surface area contributed by atoms with Gasteiger partial charge in [-0.05, 0) is 6.92 Å². The first-order valence-electron chi connectivity index (χ1n) is 33.1. The molecule has 9 fully saturated rings. The van der Waals surface area contributed by atoms with E-state index in [0.717, 1.165) is 6.92 Å². The van der Waals surface area contributed by atoms with Gasteiger partial charge in [0, 0.05) is 6.92 Å². The van der Waals surface area contributed by atoms with Crippen molar-refractivity contribution in [2.75, 3.05) is 52.9 Å². The number of ether oxygens (including phenoxy) is 17. The lowest BCUT2D eigenvalue weighted by atomic mass is 9.94. The summed E-state index contributed by atoms with van der Waals surface area (Å²) in [5, 5.41) is 305. The number of rotatable bonds is 26. The molecule has 46 atom stereocenters. The van der Waals surface area contributed by atoms with Crippen LogP contribution in [0.25, 0.3) is 0 Å². The predicted molar refractivity (Wildman–Crippen MR) is 313 cm³/mol. The highest BCUT2D eigenvalue weighted by Gasteiger charge is 2.59. The van der Waals surface area contributed by atoms with Gasteiger partial charge in [0.15, 0.2) is 56.6 Å². The summed E-state index contributed by atoms with van der Waals surface area (Å²) in [4.78, 5) is 13.0. The Balaban J connectivity index is 0.887. The molecule has 9 aliphatic heterocycles. The number of hydrogen-bond acceptors (Lipinski definition) is 46. The number of hydrogen-bond donors (Lipinski definition) is 29. The Morgan fingerprint density at radius 2 is 0.654 bits per heavy atom. The van der Waals surface area contributed by atoms with E-state index in [1.807, 2.05) is 0 Å². The first-order valence-corrected chi connectivity index (χ1v) is 33.1. The van der Waals surface area contributed by atoms with Gasteiger partial charge in [-0.25, -0.2) is 0 Å². The van der Waals surface area contributed by atoms with E-state index in [0.29, 0.717) is 0 Å². The standard InChI is InChI=1S/C57H97NO46/c1-11-22(65)46(102-54-40(83)32(75)25(68)16(5-61)96-54)43(86)56(92-11)101-45-21(58-12(2)63)50(98-20(28(45)71)10-90-52-38(81)31(74)24(67)15(4-60)95-52)88-7-13(64)44-36(79)34(77)39(82)53(100-44)91-8-18-27(70)33(76)41(84)55(99-18)104-48-35(78)26(69)17(6-62)97-57(48)103-47-29(72)19(93-49(87)42(47)85)9-89-51-37(80)30(73)23(66)14(3-59)94-51/h11,13-57,59-62,64-87H,3-10H2,1-2H3,(H,58,63)/t11-,13-,14+,15+,16+,17+,18+,19+,20+,21+,22-,23-,24+,25+,26+,27+,28+,29+,30-,31-,32-,33-,34-,35-,36-,37+,38+,39-,40+,41+,42+,43+,44+,45+,46+,47-,48+,49-,50+,51-,52-,53-,54+,55+,56-,57+/m0/s1. The van der Waals surface area contributed by atoms with E-state index in [2.05, 4.69) is 5.32 Å². The Hall–Kier alpha value is -2.33. The summed E-state index contributed by atoms with van der Waals surface area (Å²) >= 11 is 0. The minimum absolute atomic E-state index is 0.853. The van der Waals surface area contributed by atoms with E-state index in [1.165, 1.54) is 6.92 Å². The fourth-order valence-corrected chi connectivity index (χ4v) is 13.1. The quantitative estimate of drug-likeness (QED) is 0.0382. The Labute approximate surface area is 587 Å². The van der Waals surface area contributed by atoms with E-state index >= 15 is 0 Å². The minimum Gasteiger partial charge on any atom is -0.394 e. The lowest BCUT2D eigenvalue weighted by Gasteiger charge is -2.49. The van der Waals surface area contributed by atoms with E-state index in [4.69, 9.17) is 80.5 Å². The Morgan fingerprint density at radius 3 is 1.13 bits per heavy atom. The number of aliphatic hydroxyl groups is 28. The summed E-state index contributed by atoms with van der Waals surface area (Å²) in [6.45, 7) is -5.50. The van der Waals surface area contributed by atoms with Crippen LogP contribution >= 0.6 is 0 Å². The van der Waals surface area contributed by atoms with Crippen LogP contribution in [0.3, 0.4) is 0 Å². The van der Waals surface area contributed by atoms with Crippen molar-refractivity contribution in [1.29, 1.82) is 0 Å². The molecule has 0 aromatic rings. The maximum absolute atomic E-state index is 13.0. The third-order valence-electron chi connectivity index (χ3n) is 19.4. The summed E-state index contributed by atoms with van der Waals surface area (Å²) < 4.78 is 96.4. The van der Waals surface area contributed by atoms with Crippen LogP contribution in [0.4, 0.5) is 0 Å². The zero-order valence-corrected chi connectivity index (χ0v) is 55.1. The molecule has 606 valence electrons. The smallest absolute Gasteiger partial charge is 0.217 e. The second-order valence-electron chi connectivity index (χ2n) is 26.6. The molecule has 0 bridgehead atoms. The van der Waals surface area contributed by atoms with Crippen molar-refractivity contribution in [3.63, 3.8) is 0 Å². The first kappa shape index (κ1) is 85.7. The van der Waals surface area contributed by atoms with Crippen LogP contribution in [0.15, 0.2) is 0 Å². The van der Waals surface area contributed by atoms with E-state index < -0.39 is 341 Å². The Kier molecular flexibility index (Phi) is 30.4. The molecule has 0 saturated carbocycles. The highest BCUT2D eigenvalue weighted by Crippen LogP contribution is 2.38. The van der Waals surface area contributed by atoms with Gasteiger partial charge in [-0.3, -0.25) is 4.79 Å². The van der Waals surface area contributed by atoms with Gasteiger partial charge >= 0.3 is 0 Å². The van der Waals surface area contributed by atoms with Crippen LogP contribution in [0.2, 0.25) is 0 Å². The molecule has 104 heavy (non-hydrogen) atoms. The molecule has 0 aromatic heterocycles. The third kappa shape index (κ3) is 18.4. The number of aliphatic hydroxyl groups excluding tert-OH is 28. The molecule has 0 aromatic carbocycles. The summed E-state index contributed by atoms with van der Waals surface area (Å²) in [5.41, 5.74) is 0. The molecule has 29 N–H and O–H groups in total. The molecule has 0 spiro atoms. The van der Waals surface area contributed by atoms with Gasteiger partial charge in [0.05, 0.1) is 59.0 Å². The second-order valence-corrected chi connectivity index (χ2v) is 26.6. The average Bonchev–Trinajstić information content (AvgIpc) is 0.786. The molecule has 9 saturated heterocycles. The molecule has 1 amide bonds. The fourth-order valence-electron chi connectivity index (χ4n) is 13.1. The third-order valence-corrected chi connectivity index (χ3v) is 19.4. The lowest BCUT2D eigenvalue weighted by molar-refractivity contribution is -0.391. The molecular formula is C57H97NO46. The van der Waals surface area contributed by atoms with Gasteiger partial charge in [0.1, 0.15) is 220 Å². The summed E-state index contributed by atoms with van der Waals surface area (Å²) in [6.07, 6.45) is -90.2. The zero-order valence-electron chi connectivity index (χ0n) is 55.1. The van der Waals surface area contributed by atoms with E-state index in [-0.39, 0.29) is 0 Å². The average molecular weight is 1530 g/mol.